The quantitative estimate of drug-likeness (QED) is 0.917. The Morgan fingerprint density at radius 1 is 1.10 bits per heavy atom. The van der Waals surface area contributed by atoms with Gasteiger partial charge in [-0.25, -0.2) is 0 Å². The third kappa shape index (κ3) is 1.89. The van der Waals surface area contributed by atoms with E-state index in [4.69, 9.17) is 4.52 Å². The first kappa shape index (κ1) is 11.9. The molecule has 0 radical (unpaired) electrons. The zero-order valence-corrected chi connectivity index (χ0v) is 11.4. The molecule has 5 heteroatoms. The highest BCUT2D eigenvalue weighted by Crippen LogP contribution is 2.52. The minimum Gasteiger partial charge on any atom is -0.322 e. The topological polar surface area (TPSA) is 54.2 Å². The van der Waals surface area contributed by atoms with Gasteiger partial charge in [-0.1, -0.05) is 35.5 Å². The maximum atomic E-state index is 5.49. The highest BCUT2D eigenvalue weighted by molar-refractivity contribution is 5.40. The maximum absolute atomic E-state index is 5.49. The first-order chi connectivity index (χ1) is 9.88. The van der Waals surface area contributed by atoms with Gasteiger partial charge in [0.05, 0.1) is 5.41 Å². The van der Waals surface area contributed by atoms with Crippen LogP contribution in [0.25, 0.3) is 0 Å². The highest BCUT2D eigenvalue weighted by Gasteiger charge is 2.50. The Morgan fingerprint density at radius 2 is 1.85 bits per heavy atom. The van der Waals surface area contributed by atoms with E-state index in [9.17, 15) is 0 Å². The number of nitrogens with one attached hydrogen (secondary N) is 1. The Bertz CT molecular complexity index is 585. The van der Waals surface area contributed by atoms with Crippen molar-refractivity contribution < 1.29 is 4.52 Å². The van der Waals surface area contributed by atoms with Gasteiger partial charge in [0, 0.05) is 26.2 Å². The van der Waals surface area contributed by atoms with Gasteiger partial charge in [-0.15, -0.1) is 0 Å². The van der Waals surface area contributed by atoms with Gasteiger partial charge in [-0.2, -0.15) is 4.98 Å². The van der Waals surface area contributed by atoms with Crippen LogP contribution in [0.5, 0.6) is 0 Å². The van der Waals surface area contributed by atoms with E-state index in [0.717, 1.165) is 44.8 Å². The van der Waals surface area contributed by atoms with Crippen LogP contribution in [0, 0.1) is 0 Å². The predicted molar refractivity (Wildman–Crippen MR) is 75.8 cm³/mol. The standard InChI is InChI=1S/C15H18N4O/c1-2-4-12(5-3-1)15(6-7-15)13-17-14(20-18-13)19-10-8-16-9-11-19/h1-5,16H,6-11H2. The molecule has 1 aliphatic heterocycles. The SMILES string of the molecule is c1ccc(C2(c3noc(N4CCNCC4)n3)CC2)cc1. The molecule has 0 bridgehead atoms. The van der Waals surface area contributed by atoms with Crippen LogP contribution < -0.4 is 10.2 Å². The van der Waals surface area contributed by atoms with Gasteiger partial charge in [-0.3, -0.25) is 0 Å². The Labute approximate surface area is 118 Å². The van der Waals surface area contributed by atoms with Crippen molar-refractivity contribution in [3.05, 3.63) is 41.7 Å². The molecule has 2 aliphatic rings. The largest absolute Gasteiger partial charge is 0.324 e. The van der Waals surface area contributed by atoms with Crippen LogP contribution in [0.3, 0.4) is 0 Å². The molecule has 0 amide bonds. The molecule has 1 saturated carbocycles. The normalized spacial score (nSPS) is 20.9. The molecule has 5 nitrogen and oxygen atoms in total. The lowest BCUT2D eigenvalue weighted by Crippen LogP contribution is -2.43. The first-order valence-electron chi connectivity index (χ1n) is 7.24. The molecular formula is C15H18N4O. The molecule has 0 unspecified atom stereocenters. The summed E-state index contributed by atoms with van der Waals surface area (Å²) < 4.78 is 5.49. The number of hydrogen-bond acceptors (Lipinski definition) is 5. The fraction of sp³-hybridized carbons (Fsp3) is 0.467. The molecule has 2 heterocycles. The van der Waals surface area contributed by atoms with Crippen LogP contribution in [-0.4, -0.2) is 36.3 Å². The number of piperazine rings is 1. The lowest BCUT2D eigenvalue weighted by molar-refractivity contribution is 0.395. The van der Waals surface area contributed by atoms with Gasteiger partial charge in [0.15, 0.2) is 5.82 Å². The van der Waals surface area contributed by atoms with Crippen LogP contribution in [0.1, 0.15) is 24.2 Å². The minimum absolute atomic E-state index is 0.00293. The lowest BCUT2D eigenvalue weighted by Gasteiger charge is -2.24. The van der Waals surface area contributed by atoms with E-state index >= 15 is 0 Å². The summed E-state index contributed by atoms with van der Waals surface area (Å²) in [7, 11) is 0. The molecule has 0 atom stereocenters. The summed E-state index contributed by atoms with van der Waals surface area (Å²) in [6.45, 7) is 3.81. The number of benzene rings is 1. The van der Waals surface area contributed by atoms with Crippen LogP contribution in [0.15, 0.2) is 34.9 Å². The summed E-state index contributed by atoms with van der Waals surface area (Å²) in [6, 6.07) is 11.2. The second-order valence-corrected chi connectivity index (χ2v) is 5.59. The molecular weight excluding hydrogens is 252 g/mol. The van der Waals surface area contributed by atoms with Crippen molar-refractivity contribution in [3.63, 3.8) is 0 Å². The highest BCUT2D eigenvalue weighted by atomic mass is 16.5. The molecule has 1 aliphatic carbocycles. The van der Waals surface area contributed by atoms with E-state index in [1.807, 2.05) is 6.07 Å². The van der Waals surface area contributed by atoms with E-state index in [0.29, 0.717) is 6.01 Å². The fourth-order valence-electron chi connectivity index (χ4n) is 2.92. The van der Waals surface area contributed by atoms with Crippen LogP contribution >= 0.6 is 0 Å². The monoisotopic (exact) mass is 270 g/mol. The van der Waals surface area contributed by atoms with Crippen molar-refractivity contribution in [1.29, 1.82) is 0 Å². The zero-order valence-electron chi connectivity index (χ0n) is 11.4. The van der Waals surface area contributed by atoms with Crippen molar-refractivity contribution in [1.82, 2.24) is 15.5 Å². The van der Waals surface area contributed by atoms with Gasteiger partial charge < -0.3 is 14.7 Å². The molecule has 1 N–H and O–H groups in total. The van der Waals surface area contributed by atoms with Crippen molar-refractivity contribution >= 4 is 6.01 Å². The Balaban J connectivity index is 1.62. The molecule has 20 heavy (non-hydrogen) atoms. The molecule has 2 fully saturated rings. The van der Waals surface area contributed by atoms with E-state index in [1.165, 1.54) is 5.56 Å². The van der Waals surface area contributed by atoms with Crippen molar-refractivity contribution in [2.45, 2.75) is 18.3 Å². The van der Waals surface area contributed by atoms with Gasteiger partial charge >= 0.3 is 6.01 Å². The molecule has 1 aromatic heterocycles. The summed E-state index contributed by atoms with van der Waals surface area (Å²) in [6.07, 6.45) is 2.22. The number of hydrogen-bond donors (Lipinski definition) is 1. The Morgan fingerprint density at radius 3 is 2.55 bits per heavy atom. The van der Waals surface area contributed by atoms with Gasteiger partial charge in [0.2, 0.25) is 0 Å². The average molecular weight is 270 g/mol. The third-order valence-electron chi connectivity index (χ3n) is 4.31. The second-order valence-electron chi connectivity index (χ2n) is 5.59. The van der Waals surface area contributed by atoms with E-state index in [1.54, 1.807) is 0 Å². The summed E-state index contributed by atoms with van der Waals surface area (Å²) in [5.41, 5.74) is 1.30. The molecule has 0 spiro atoms. The number of anilines is 1. The van der Waals surface area contributed by atoms with Gasteiger partial charge in [-0.05, 0) is 18.4 Å². The fourth-order valence-corrected chi connectivity index (χ4v) is 2.92. The summed E-state index contributed by atoms with van der Waals surface area (Å²) in [4.78, 5) is 6.83. The number of rotatable bonds is 3. The van der Waals surface area contributed by atoms with E-state index in [2.05, 4.69) is 44.6 Å². The molecule has 1 saturated heterocycles. The van der Waals surface area contributed by atoms with Crippen LogP contribution in [0.2, 0.25) is 0 Å². The molecule has 2 aromatic rings. The Hall–Kier alpha value is -1.88. The lowest BCUT2D eigenvalue weighted by atomic mass is 9.95. The molecule has 4 rings (SSSR count). The van der Waals surface area contributed by atoms with Crippen molar-refractivity contribution in [2.75, 3.05) is 31.1 Å². The van der Waals surface area contributed by atoms with Crippen LogP contribution in [0.4, 0.5) is 6.01 Å². The summed E-state index contributed by atoms with van der Waals surface area (Å²) in [5.74, 6) is 0.845. The van der Waals surface area contributed by atoms with Crippen molar-refractivity contribution in [2.24, 2.45) is 0 Å². The third-order valence-corrected chi connectivity index (χ3v) is 4.31. The number of nitrogens with zero attached hydrogens (tertiary/aromatic N) is 3. The smallest absolute Gasteiger partial charge is 0.322 e. The predicted octanol–water partition coefficient (Wildman–Crippen LogP) is 1.56. The van der Waals surface area contributed by atoms with E-state index in [-0.39, 0.29) is 5.41 Å². The second kappa shape index (κ2) is 4.59. The Kier molecular flexibility index (Phi) is 2.73. The maximum Gasteiger partial charge on any atom is 0.324 e. The molecule has 1 aromatic carbocycles. The summed E-state index contributed by atoms with van der Waals surface area (Å²) in [5, 5.41) is 7.58. The zero-order chi connectivity index (χ0) is 13.4. The molecule has 104 valence electrons. The summed E-state index contributed by atoms with van der Waals surface area (Å²) >= 11 is 0. The van der Waals surface area contributed by atoms with Crippen LogP contribution in [-0.2, 0) is 5.41 Å². The van der Waals surface area contributed by atoms with Gasteiger partial charge in [0.25, 0.3) is 0 Å². The average Bonchev–Trinajstić information content (AvgIpc) is 3.19. The first-order valence-corrected chi connectivity index (χ1v) is 7.24. The number of aromatic nitrogens is 2. The van der Waals surface area contributed by atoms with E-state index < -0.39 is 0 Å². The minimum atomic E-state index is -0.00293. The van der Waals surface area contributed by atoms with Crippen molar-refractivity contribution in [3.8, 4) is 0 Å². The van der Waals surface area contributed by atoms with Gasteiger partial charge in [0.1, 0.15) is 0 Å².